The van der Waals surface area contributed by atoms with Gasteiger partial charge in [0.25, 0.3) is 11.6 Å². The number of amides is 1. The minimum Gasteiger partial charge on any atom is -0.493 e. The van der Waals surface area contributed by atoms with Crippen LogP contribution in [0, 0.1) is 10.1 Å². The number of benzene rings is 3. The first-order valence-electron chi connectivity index (χ1n) is 10.6. The SMILES string of the molecule is COCCOc1cc([N+](=O)[O-])c(C(=O)Oc2cccc(C(=O)NCc3ccccc3)c2)cc1OC. The molecule has 3 aromatic carbocycles. The van der Waals surface area contributed by atoms with Gasteiger partial charge < -0.3 is 24.3 Å². The van der Waals surface area contributed by atoms with E-state index in [1.807, 2.05) is 30.3 Å². The Morgan fingerprint density at radius 3 is 2.40 bits per heavy atom. The highest BCUT2D eigenvalue weighted by atomic mass is 16.6. The maximum atomic E-state index is 12.8. The third-order valence-corrected chi connectivity index (χ3v) is 4.85. The van der Waals surface area contributed by atoms with Crippen molar-refractivity contribution in [1.29, 1.82) is 0 Å². The molecule has 0 unspecified atom stereocenters. The second-order valence-corrected chi connectivity index (χ2v) is 7.20. The fraction of sp³-hybridized carbons (Fsp3) is 0.200. The summed E-state index contributed by atoms with van der Waals surface area (Å²) in [7, 11) is 2.83. The smallest absolute Gasteiger partial charge is 0.350 e. The van der Waals surface area contributed by atoms with Gasteiger partial charge in [0.1, 0.15) is 17.9 Å². The average Bonchev–Trinajstić information content (AvgIpc) is 2.87. The van der Waals surface area contributed by atoms with Crippen molar-refractivity contribution in [3.63, 3.8) is 0 Å². The van der Waals surface area contributed by atoms with Crippen LogP contribution < -0.4 is 19.5 Å². The van der Waals surface area contributed by atoms with Crippen molar-refractivity contribution >= 4 is 17.6 Å². The van der Waals surface area contributed by atoms with Crippen LogP contribution in [-0.4, -0.2) is 44.2 Å². The number of carbonyl (C=O) groups excluding carboxylic acids is 2. The molecule has 1 N–H and O–H groups in total. The van der Waals surface area contributed by atoms with E-state index in [0.717, 1.165) is 11.6 Å². The van der Waals surface area contributed by atoms with Crippen molar-refractivity contribution in [2.75, 3.05) is 27.4 Å². The van der Waals surface area contributed by atoms with Gasteiger partial charge in [-0.2, -0.15) is 0 Å². The van der Waals surface area contributed by atoms with Crippen molar-refractivity contribution in [1.82, 2.24) is 5.32 Å². The van der Waals surface area contributed by atoms with E-state index in [-0.39, 0.29) is 47.5 Å². The molecule has 10 heteroatoms. The molecule has 0 saturated carbocycles. The predicted molar refractivity (Wildman–Crippen MR) is 126 cm³/mol. The molecule has 182 valence electrons. The average molecular weight is 480 g/mol. The first-order valence-corrected chi connectivity index (χ1v) is 10.6. The van der Waals surface area contributed by atoms with Crippen LogP contribution >= 0.6 is 0 Å². The van der Waals surface area contributed by atoms with Crippen molar-refractivity contribution in [3.8, 4) is 17.2 Å². The zero-order valence-electron chi connectivity index (χ0n) is 19.2. The van der Waals surface area contributed by atoms with Gasteiger partial charge in [-0.3, -0.25) is 14.9 Å². The van der Waals surface area contributed by atoms with Crippen LogP contribution in [-0.2, 0) is 11.3 Å². The number of esters is 1. The van der Waals surface area contributed by atoms with E-state index in [4.69, 9.17) is 18.9 Å². The van der Waals surface area contributed by atoms with Gasteiger partial charge in [-0.15, -0.1) is 0 Å². The molecule has 0 fully saturated rings. The molecule has 0 radical (unpaired) electrons. The lowest BCUT2D eigenvalue weighted by Gasteiger charge is -2.12. The summed E-state index contributed by atoms with van der Waals surface area (Å²) in [5.41, 5.74) is 0.351. The second-order valence-electron chi connectivity index (χ2n) is 7.20. The summed E-state index contributed by atoms with van der Waals surface area (Å²) in [6.45, 7) is 0.720. The highest BCUT2D eigenvalue weighted by Gasteiger charge is 2.26. The highest BCUT2D eigenvalue weighted by molar-refractivity contribution is 5.97. The van der Waals surface area contributed by atoms with E-state index in [1.165, 1.54) is 32.4 Å². The number of ether oxygens (including phenoxy) is 4. The Hall–Kier alpha value is -4.44. The van der Waals surface area contributed by atoms with E-state index in [0.29, 0.717) is 6.54 Å². The summed E-state index contributed by atoms with van der Waals surface area (Å²) >= 11 is 0. The zero-order chi connectivity index (χ0) is 25.2. The quantitative estimate of drug-likeness (QED) is 0.144. The van der Waals surface area contributed by atoms with Gasteiger partial charge in [-0.1, -0.05) is 36.4 Å². The summed E-state index contributed by atoms with van der Waals surface area (Å²) in [6, 6.07) is 17.6. The van der Waals surface area contributed by atoms with E-state index >= 15 is 0 Å². The number of rotatable bonds is 11. The molecule has 0 saturated heterocycles. The van der Waals surface area contributed by atoms with E-state index in [2.05, 4.69) is 5.32 Å². The Balaban J connectivity index is 1.77. The summed E-state index contributed by atoms with van der Waals surface area (Å²) in [6.07, 6.45) is 0. The molecule has 0 aliphatic heterocycles. The second kappa shape index (κ2) is 12.1. The Kier molecular flexibility index (Phi) is 8.74. The molecule has 0 aromatic heterocycles. The van der Waals surface area contributed by atoms with E-state index in [1.54, 1.807) is 12.1 Å². The number of hydrogen-bond donors (Lipinski definition) is 1. The van der Waals surface area contributed by atoms with Gasteiger partial charge >= 0.3 is 5.97 Å². The minimum atomic E-state index is -0.986. The largest absolute Gasteiger partial charge is 0.493 e. The van der Waals surface area contributed by atoms with Crippen molar-refractivity contribution < 1.29 is 33.5 Å². The van der Waals surface area contributed by atoms with Gasteiger partial charge in [-0.25, -0.2) is 4.79 Å². The van der Waals surface area contributed by atoms with Crippen LogP contribution in [0.5, 0.6) is 17.2 Å². The molecule has 0 bridgehead atoms. The molecule has 0 spiro atoms. The van der Waals surface area contributed by atoms with Crippen molar-refractivity contribution in [3.05, 3.63) is 93.5 Å². The van der Waals surface area contributed by atoms with Crippen LogP contribution in [0.3, 0.4) is 0 Å². The van der Waals surface area contributed by atoms with Crippen LogP contribution in [0.4, 0.5) is 5.69 Å². The van der Waals surface area contributed by atoms with Crippen molar-refractivity contribution in [2.45, 2.75) is 6.54 Å². The van der Waals surface area contributed by atoms with E-state index < -0.39 is 16.6 Å². The van der Waals surface area contributed by atoms with Crippen LogP contribution in [0.1, 0.15) is 26.3 Å². The van der Waals surface area contributed by atoms with Crippen LogP contribution in [0.2, 0.25) is 0 Å². The zero-order valence-corrected chi connectivity index (χ0v) is 19.2. The third-order valence-electron chi connectivity index (χ3n) is 4.85. The molecule has 0 aliphatic carbocycles. The van der Waals surface area contributed by atoms with E-state index in [9.17, 15) is 19.7 Å². The molecule has 1 amide bonds. The lowest BCUT2D eigenvalue weighted by atomic mass is 10.1. The van der Waals surface area contributed by atoms with Gasteiger partial charge in [0, 0.05) is 25.3 Å². The van der Waals surface area contributed by atoms with Gasteiger partial charge in [0.15, 0.2) is 11.5 Å². The predicted octanol–water partition coefficient (Wildman–Crippen LogP) is 3.78. The molecule has 0 aliphatic rings. The Morgan fingerprint density at radius 2 is 1.71 bits per heavy atom. The number of nitro benzene ring substituents is 1. The fourth-order valence-corrected chi connectivity index (χ4v) is 3.11. The van der Waals surface area contributed by atoms with Crippen molar-refractivity contribution in [2.24, 2.45) is 0 Å². The summed E-state index contributed by atoms with van der Waals surface area (Å²) < 4.78 is 20.9. The molecular weight excluding hydrogens is 456 g/mol. The molecule has 35 heavy (non-hydrogen) atoms. The number of methoxy groups -OCH3 is 2. The first-order chi connectivity index (χ1) is 16.9. The summed E-state index contributed by atoms with van der Waals surface area (Å²) in [5.74, 6) is -1.09. The highest BCUT2D eigenvalue weighted by Crippen LogP contribution is 2.35. The number of nitrogens with zero attached hydrogens (tertiary/aromatic N) is 1. The Labute approximate surface area is 201 Å². The lowest BCUT2D eigenvalue weighted by Crippen LogP contribution is -2.22. The molecule has 3 aromatic rings. The van der Waals surface area contributed by atoms with Gasteiger partial charge in [0.05, 0.1) is 24.7 Å². The fourth-order valence-electron chi connectivity index (χ4n) is 3.11. The maximum absolute atomic E-state index is 12.8. The standard InChI is InChI=1S/C25H24N2O8/c1-32-11-12-34-23-15-21(27(30)31)20(14-22(23)33-2)25(29)35-19-10-6-9-18(13-19)24(28)26-16-17-7-4-3-5-8-17/h3-10,13-15H,11-12,16H2,1-2H3,(H,26,28). The maximum Gasteiger partial charge on any atom is 0.350 e. The summed E-state index contributed by atoms with van der Waals surface area (Å²) in [5, 5.41) is 14.4. The first kappa shape index (κ1) is 25.2. The molecule has 0 heterocycles. The minimum absolute atomic E-state index is 0.0519. The number of nitro groups is 1. The third kappa shape index (κ3) is 6.78. The topological polar surface area (TPSA) is 126 Å². The normalized spacial score (nSPS) is 10.3. The lowest BCUT2D eigenvalue weighted by molar-refractivity contribution is -0.385. The Morgan fingerprint density at radius 1 is 0.943 bits per heavy atom. The van der Waals surface area contributed by atoms with Crippen LogP contribution in [0.15, 0.2) is 66.7 Å². The summed E-state index contributed by atoms with van der Waals surface area (Å²) in [4.78, 5) is 36.2. The number of hydrogen-bond acceptors (Lipinski definition) is 8. The number of nitrogens with one attached hydrogen (secondary N) is 1. The Bertz CT molecular complexity index is 1200. The molecule has 3 rings (SSSR count). The van der Waals surface area contributed by atoms with Gasteiger partial charge in [0.2, 0.25) is 0 Å². The number of carbonyl (C=O) groups is 2. The monoisotopic (exact) mass is 480 g/mol. The van der Waals surface area contributed by atoms with Crippen LogP contribution in [0.25, 0.3) is 0 Å². The van der Waals surface area contributed by atoms with Gasteiger partial charge in [-0.05, 0) is 23.8 Å². The molecule has 0 atom stereocenters. The molecule has 10 nitrogen and oxygen atoms in total. The molecular formula is C25H24N2O8.